The lowest BCUT2D eigenvalue weighted by atomic mass is 10.0. The van der Waals surface area contributed by atoms with Crippen LogP contribution in [0.3, 0.4) is 0 Å². The molecule has 0 aliphatic heterocycles. The lowest BCUT2D eigenvalue weighted by Crippen LogP contribution is -2.26. The van der Waals surface area contributed by atoms with Crippen molar-refractivity contribution in [2.45, 2.75) is 26.4 Å². The van der Waals surface area contributed by atoms with Gasteiger partial charge < -0.3 is 4.74 Å². The number of Topliss-reactive ketones (excluding diaryl/α,β-unsaturated/α-hetero) is 1. The second-order valence-corrected chi connectivity index (χ2v) is 5.91. The molecule has 0 amide bonds. The highest BCUT2D eigenvalue weighted by atomic mass is 16.5. The van der Waals surface area contributed by atoms with Crippen molar-refractivity contribution in [3.05, 3.63) is 75.7 Å². The summed E-state index contributed by atoms with van der Waals surface area (Å²) in [6, 6.07) is 13.8. The molecule has 1 aromatic heterocycles. The number of aryl methyl sites for hydroxylation is 1. The van der Waals surface area contributed by atoms with E-state index in [1.807, 2.05) is 19.1 Å². The van der Waals surface area contributed by atoms with Gasteiger partial charge in [0.15, 0.2) is 11.8 Å². The molecule has 0 radical (unpaired) electrons. The molecule has 1 atom stereocenters. The van der Waals surface area contributed by atoms with Crippen LogP contribution >= 0.6 is 0 Å². The second kappa shape index (κ2) is 7.31. The second-order valence-electron chi connectivity index (χ2n) is 5.91. The number of nitrogens with one attached hydrogen (secondary N) is 1. The highest BCUT2D eigenvalue weighted by Crippen LogP contribution is 2.15. The highest BCUT2D eigenvalue weighted by Gasteiger charge is 2.23. The molecule has 26 heavy (non-hydrogen) atoms. The first-order chi connectivity index (χ1) is 12.5. The van der Waals surface area contributed by atoms with E-state index in [1.165, 1.54) is 6.92 Å². The number of hydrogen-bond acceptors (Lipinski definition) is 5. The molecule has 0 aliphatic rings. The zero-order valence-corrected chi connectivity index (χ0v) is 14.5. The van der Waals surface area contributed by atoms with Gasteiger partial charge >= 0.3 is 5.97 Å². The van der Waals surface area contributed by atoms with Crippen LogP contribution < -0.4 is 5.56 Å². The number of aromatic nitrogens is 2. The zero-order chi connectivity index (χ0) is 18.7. The molecule has 0 aliphatic carbocycles. The molecule has 0 saturated heterocycles. The normalized spacial score (nSPS) is 11.9. The maximum Gasteiger partial charge on any atom is 0.360 e. The van der Waals surface area contributed by atoms with Crippen molar-refractivity contribution in [3.63, 3.8) is 0 Å². The Morgan fingerprint density at radius 2 is 1.73 bits per heavy atom. The van der Waals surface area contributed by atoms with Crippen LogP contribution in [0.25, 0.3) is 10.8 Å². The minimum Gasteiger partial charge on any atom is -0.449 e. The Labute approximate surface area is 149 Å². The van der Waals surface area contributed by atoms with Crippen LogP contribution in [0, 0.1) is 0 Å². The van der Waals surface area contributed by atoms with Crippen molar-refractivity contribution in [1.82, 2.24) is 10.2 Å². The van der Waals surface area contributed by atoms with Gasteiger partial charge in [0, 0.05) is 10.9 Å². The van der Waals surface area contributed by atoms with Gasteiger partial charge in [-0.3, -0.25) is 9.59 Å². The zero-order valence-electron chi connectivity index (χ0n) is 14.5. The molecule has 3 aromatic rings. The van der Waals surface area contributed by atoms with Crippen molar-refractivity contribution < 1.29 is 14.3 Å². The van der Waals surface area contributed by atoms with E-state index >= 15 is 0 Å². The number of rotatable bonds is 5. The van der Waals surface area contributed by atoms with E-state index in [9.17, 15) is 14.4 Å². The summed E-state index contributed by atoms with van der Waals surface area (Å²) in [5, 5.41) is 6.79. The molecule has 0 saturated carbocycles. The molecule has 0 fully saturated rings. The third kappa shape index (κ3) is 3.39. The summed E-state index contributed by atoms with van der Waals surface area (Å²) in [6.07, 6.45) is -0.0910. The average molecular weight is 350 g/mol. The number of esters is 1. The number of nitrogens with zero attached hydrogens (tertiary/aromatic N) is 1. The first kappa shape index (κ1) is 17.5. The van der Waals surface area contributed by atoms with Gasteiger partial charge in [-0.05, 0) is 25.0 Å². The van der Waals surface area contributed by atoms with Crippen LogP contribution in [-0.4, -0.2) is 28.1 Å². The van der Waals surface area contributed by atoms with Gasteiger partial charge in [0.2, 0.25) is 5.78 Å². The van der Waals surface area contributed by atoms with Crippen molar-refractivity contribution in [2.75, 3.05) is 0 Å². The Hall–Kier alpha value is -3.28. The summed E-state index contributed by atoms with van der Waals surface area (Å²) in [7, 11) is 0. The van der Waals surface area contributed by atoms with Gasteiger partial charge in [0.25, 0.3) is 5.56 Å². The molecule has 2 aromatic carbocycles. The Morgan fingerprint density at radius 3 is 2.38 bits per heavy atom. The van der Waals surface area contributed by atoms with Gasteiger partial charge in [0.05, 0.1) is 5.39 Å². The summed E-state index contributed by atoms with van der Waals surface area (Å²) in [5.41, 5.74) is 1.18. The maximum atomic E-state index is 12.5. The smallest absolute Gasteiger partial charge is 0.360 e. The van der Waals surface area contributed by atoms with E-state index in [1.54, 1.807) is 36.4 Å². The number of carbonyl (C=O) groups excluding carboxylic acids is 2. The van der Waals surface area contributed by atoms with Crippen LogP contribution in [-0.2, 0) is 11.2 Å². The molecular weight excluding hydrogens is 332 g/mol. The predicted octanol–water partition coefficient (Wildman–Crippen LogP) is 2.91. The Morgan fingerprint density at radius 1 is 1.08 bits per heavy atom. The summed E-state index contributed by atoms with van der Waals surface area (Å²) in [6.45, 7) is 3.55. The summed E-state index contributed by atoms with van der Waals surface area (Å²) in [5.74, 6) is -1.06. The fraction of sp³-hybridized carbons (Fsp3) is 0.200. The maximum absolute atomic E-state index is 12.5. The fourth-order valence-corrected chi connectivity index (χ4v) is 2.68. The first-order valence-corrected chi connectivity index (χ1v) is 8.32. The topological polar surface area (TPSA) is 89.1 Å². The van der Waals surface area contributed by atoms with Gasteiger partial charge in [-0.25, -0.2) is 9.89 Å². The Kier molecular flexibility index (Phi) is 4.93. The van der Waals surface area contributed by atoms with E-state index in [4.69, 9.17) is 4.74 Å². The van der Waals surface area contributed by atoms with E-state index in [0.717, 1.165) is 12.0 Å². The molecule has 0 spiro atoms. The third-order valence-electron chi connectivity index (χ3n) is 4.19. The van der Waals surface area contributed by atoms with Crippen molar-refractivity contribution in [3.8, 4) is 0 Å². The lowest BCUT2D eigenvalue weighted by molar-refractivity contribution is 0.0314. The van der Waals surface area contributed by atoms with Crippen molar-refractivity contribution >= 4 is 22.5 Å². The largest absolute Gasteiger partial charge is 0.449 e. The molecule has 6 nitrogen and oxygen atoms in total. The van der Waals surface area contributed by atoms with Crippen LogP contribution in [0.5, 0.6) is 0 Å². The minimum absolute atomic E-state index is 0.0267. The highest BCUT2D eigenvalue weighted by molar-refractivity contribution is 6.05. The first-order valence-electron chi connectivity index (χ1n) is 8.32. The standard InChI is InChI=1S/C20H18N2O4/c1-3-13-8-10-14(11-9-13)18(23)12(2)26-20(25)17-15-6-4-5-7-16(15)19(24)22-21-17/h4-12H,3H2,1-2H3,(H,22,24)/t12-/m1/s1. The molecule has 6 heteroatoms. The molecule has 3 rings (SSSR count). The summed E-state index contributed by atoms with van der Waals surface area (Å²) in [4.78, 5) is 36.7. The molecule has 132 valence electrons. The number of aromatic amines is 1. The number of ether oxygens (including phenoxy) is 1. The number of carbonyl (C=O) groups is 2. The number of hydrogen-bond donors (Lipinski definition) is 1. The summed E-state index contributed by atoms with van der Waals surface area (Å²) < 4.78 is 5.28. The monoisotopic (exact) mass is 350 g/mol. The Balaban J connectivity index is 1.82. The number of ketones is 1. The van der Waals surface area contributed by atoms with E-state index in [0.29, 0.717) is 16.3 Å². The van der Waals surface area contributed by atoms with Gasteiger partial charge in [-0.2, -0.15) is 5.10 Å². The van der Waals surface area contributed by atoms with Gasteiger partial charge in [-0.15, -0.1) is 0 Å². The van der Waals surface area contributed by atoms with Crippen molar-refractivity contribution in [2.24, 2.45) is 0 Å². The Bertz CT molecular complexity index is 1020. The number of fused-ring (bicyclic) bond motifs is 1. The predicted molar refractivity (Wildman–Crippen MR) is 97.4 cm³/mol. The van der Waals surface area contributed by atoms with Gasteiger partial charge in [0.1, 0.15) is 0 Å². The quantitative estimate of drug-likeness (QED) is 0.564. The van der Waals surface area contributed by atoms with Crippen molar-refractivity contribution in [1.29, 1.82) is 0 Å². The molecule has 0 unspecified atom stereocenters. The number of H-pyrrole nitrogens is 1. The minimum atomic E-state index is -0.970. The van der Waals surface area contributed by atoms with E-state index in [2.05, 4.69) is 10.2 Å². The third-order valence-corrected chi connectivity index (χ3v) is 4.19. The van der Waals surface area contributed by atoms with E-state index < -0.39 is 17.6 Å². The molecule has 1 N–H and O–H groups in total. The fourth-order valence-electron chi connectivity index (χ4n) is 2.68. The molecular formula is C20H18N2O4. The van der Waals surface area contributed by atoms with E-state index in [-0.39, 0.29) is 11.5 Å². The number of benzene rings is 2. The lowest BCUT2D eigenvalue weighted by Gasteiger charge is -2.13. The van der Waals surface area contributed by atoms with Crippen LogP contribution in [0.15, 0.2) is 53.3 Å². The summed E-state index contributed by atoms with van der Waals surface area (Å²) >= 11 is 0. The molecule has 1 heterocycles. The molecule has 0 bridgehead atoms. The SMILES string of the molecule is CCc1ccc(C(=O)[C@@H](C)OC(=O)c2n[nH]c(=O)c3ccccc23)cc1. The van der Waals surface area contributed by atoms with Crippen LogP contribution in [0.1, 0.15) is 40.3 Å². The van der Waals surface area contributed by atoms with Crippen LogP contribution in [0.2, 0.25) is 0 Å². The van der Waals surface area contributed by atoms with Crippen LogP contribution in [0.4, 0.5) is 0 Å². The average Bonchev–Trinajstić information content (AvgIpc) is 2.67. The van der Waals surface area contributed by atoms with Gasteiger partial charge in [-0.1, -0.05) is 49.4 Å².